The summed E-state index contributed by atoms with van der Waals surface area (Å²) in [5.74, 6) is 5.18. The zero-order valence-corrected chi connectivity index (χ0v) is 9.87. The third-order valence-corrected chi connectivity index (χ3v) is 2.39. The maximum atomic E-state index is 11.5. The van der Waals surface area contributed by atoms with Crippen LogP contribution in [0.15, 0.2) is 32.2 Å². The fourth-order valence-corrected chi connectivity index (χ4v) is 1.53. The van der Waals surface area contributed by atoms with E-state index in [-0.39, 0.29) is 0 Å². The van der Waals surface area contributed by atoms with Crippen molar-refractivity contribution in [1.29, 1.82) is 0 Å². The quantitative estimate of drug-likeness (QED) is 0.594. The van der Waals surface area contributed by atoms with E-state index < -0.39 is 11.4 Å². The van der Waals surface area contributed by atoms with E-state index in [0.717, 1.165) is 18.5 Å². The zero-order valence-electron chi connectivity index (χ0n) is 9.87. The van der Waals surface area contributed by atoms with Crippen molar-refractivity contribution in [2.75, 3.05) is 13.6 Å². The van der Waals surface area contributed by atoms with E-state index in [0.29, 0.717) is 10.9 Å². The predicted molar refractivity (Wildman–Crippen MR) is 68.5 cm³/mol. The molecule has 0 aliphatic heterocycles. The summed E-state index contributed by atoms with van der Waals surface area (Å²) < 4.78 is 4.46. The first-order chi connectivity index (χ1) is 8.70. The van der Waals surface area contributed by atoms with Gasteiger partial charge < -0.3 is 9.73 Å². The van der Waals surface area contributed by atoms with Gasteiger partial charge in [0, 0.05) is 18.5 Å². The Labute approximate surface area is 103 Å². The summed E-state index contributed by atoms with van der Waals surface area (Å²) in [5, 5.41) is 3.32. The molecule has 0 aliphatic rings. The minimum atomic E-state index is -0.750. The number of nitrogens with one attached hydrogen (secondary N) is 2. The number of rotatable bonds is 2. The van der Waals surface area contributed by atoms with Crippen molar-refractivity contribution < 1.29 is 4.42 Å². The van der Waals surface area contributed by atoms with Crippen molar-refractivity contribution in [2.24, 2.45) is 0 Å². The van der Waals surface area contributed by atoms with Gasteiger partial charge >= 0.3 is 11.4 Å². The molecule has 0 atom stereocenters. The molecular weight excluding hydrogens is 232 g/mol. The summed E-state index contributed by atoms with van der Waals surface area (Å²) in [6.07, 6.45) is 0.731. The third kappa shape index (κ3) is 2.67. The fraction of sp³-hybridized carbons (Fsp3) is 0.231. The van der Waals surface area contributed by atoms with Crippen LogP contribution in [0.4, 0.5) is 0 Å². The first kappa shape index (κ1) is 12.1. The molecule has 2 rings (SSSR count). The number of H-pyrrole nitrogens is 1. The van der Waals surface area contributed by atoms with E-state index in [1.807, 2.05) is 7.05 Å². The average Bonchev–Trinajstić information content (AvgIpc) is 2.35. The second-order valence-corrected chi connectivity index (χ2v) is 3.72. The summed E-state index contributed by atoms with van der Waals surface area (Å²) in [5.41, 5.74) is 0.530. The van der Waals surface area contributed by atoms with E-state index in [1.165, 1.54) is 0 Å². The predicted octanol–water partition coefficient (Wildman–Crippen LogP) is 0.442. The second-order valence-electron chi connectivity index (χ2n) is 3.72. The molecule has 0 radical (unpaired) electrons. The lowest BCUT2D eigenvalue weighted by Gasteiger charge is -1.95. The van der Waals surface area contributed by atoms with Gasteiger partial charge in [-0.25, -0.2) is 9.59 Å². The molecule has 2 aromatic rings. The molecule has 18 heavy (non-hydrogen) atoms. The lowest BCUT2D eigenvalue weighted by atomic mass is 10.1. The normalized spacial score (nSPS) is 10.1. The molecular formula is C13H12N2O3. The topological polar surface area (TPSA) is 75.1 Å². The van der Waals surface area contributed by atoms with Crippen LogP contribution in [-0.2, 0) is 0 Å². The highest BCUT2D eigenvalue weighted by molar-refractivity contribution is 5.78. The molecule has 2 N–H and O–H groups in total. The summed E-state index contributed by atoms with van der Waals surface area (Å²) in [6, 6.07) is 5.02. The molecule has 0 aliphatic carbocycles. The molecule has 1 aromatic heterocycles. The number of hydrogen-bond acceptors (Lipinski definition) is 4. The average molecular weight is 244 g/mol. The van der Waals surface area contributed by atoms with Crippen LogP contribution in [0.5, 0.6) is 0 Å². The highest BCUT2D eigenvalue weighted by Gasteiger charge is 2.02. The van der Waals surface area contributed by atoms with Crippen molar-refractivity contribution in [3.05, 3.63) is 44.7 Å². The highest BCUT2D eigenvalue weighted by atomic mass is 16.4. The molecule has 0 spiro atoms. The van der Waals surface area contributed by atoms with Crippen LogP contribution >= 0.6 is 0 Å². The smallest absolute Gasteiger partial charge is 0.372 e. The van der Waals surface area contributed by atoms with E-state index in [9.17, 15) is 9.59 Å². The molecule has 0 fully saturated rings. The SMILES string of the molecule is CNCCC#Cc1ccc2[nH]c(=O)oc(=O)c2c1. The van der Waals surface area contributed by atoms with Gasteiger partial charge in [0.1, 0.15) is 0 Å². The van der Waals surface area contributed by atoms with Gasteiger partial charge in [-0.2, -0.15) is 0 Å². The zero-order chi connectivity index (χ0) is 13.0. The summed E-state index contributed by atoms with van der Waals surface area (Å²) in [7, 11) is 1.86. The Kier molecular flexibility index (Phi) is 3.60. The van der Waals surface area contributed by atoms with Gasteiger partial charge in [-0.3, -0.25) is 4.98 Å². The number of aromatic amines is 1. The molecule has 0 bridgehead atoms. The van der Waals surface area contributed by atoms with Crippen LogP contribution < -0.4 is 16.7 Å². The van der Waals surface area contributed by atoms with Crippen molar-refractivity contribution in [3.8, 4) is 11.8 Å². The number of benzene rings is 1. The first-order valence-electron chi connectivity index (χ1n) is 5.51. The Morgan fingerprint density at radius 2 is 2.22 bits per heavy atom. The van der Waals surface area contributed by atoms with E-state index in [2.05, 4.69) is 26.6 Å². The molecule has 1 aromatic carbocycles. The highest BCUT2D eigenvalue weighted by Crippen LogP contribution is 2.07. The van der Waals surface area contributed by atoms with Crippen molar-refractivity contribution >= 4 is 10.9 Å². The lowest BCUT2D eigenvalue weighted by Crippen LogP contribution is -2.14. The van der Waals surface area contributed by atoms with Gasteiger partial charge in [-0.05, 0) is 25.2 Å². The van der Waals surface area contributed by atoms with Crippen LogP contribution in [0.2, 0.25) is 0 Å². The fourth-order valence-electron chi connectivity index (χ4n) is 1.53. The Bertz CT molecular complexity index is 731. The van der Waals surface area contributed by atoms with Crippen molar-refractivity contribution in [1.82, 2.24) is 10.3 Å². The largest absolute Gasteiger partial charge is 0.419 e. The monoisotopic (exact) mass is 244 g/mol. The van der Waals surface area contributed by atoms with Crippen molar-refractivity contribution in [2.45, 2.75) is 6.42 Å². The van der Waals surface area contributed by atoms with Crippen molar-refractivity contribution in [3.63, 3.8) is 0 Å². The minimum absolute atomic E-state index is 0.329. The molecule has 0 saturated heterocycles. The number of aromatic nitrogens is 1. The van der Waals surface area contributed by atoms with Crippen LogP contribution in [0.1, 0.15) is 12.0 Å². The van der Waals surface area contributed by atoms with Gasteiger partial charge in [-0.15, -0.1) is 0 Å². The number of fused-ring (bicyclic) bond motifs is 1. The standard InChI is InChI=1S/C13H12N2O3/c1-14-7-3-2-4-9-5-6-11-10(8-9)12(16)18-13(17)15-11/h5-6,8,14H,3,7H2,1H3,(H,15,17). The molecule has 0 saturated carbocycles. The van der Waals surface area contributed by atoms with E-state index in [1.54, 1.807) is 18.2 Å². The summed E-state index contributed by atoms with van der Waals surface area (Å²) in [6.45, 7) is 0.816. The Balaban J connectivity index is 2.41. The Morgan fingerprint density at radius 1 is 1.39 bits per heavy atom. The summed E-state index contributed by atoms with van der Waals surface area (Å²) in [4.78, 5) is 24.9. The second kappa shape index (κ2) is 5.34. The van der Waals surface area contributed by atoms with Gasteiger partial charge in [0.15, 0.2) is 0 Å². The number of hydrogen-bond donors (Lipinski definition) is 2. The molecule has 92 valence electrons. The lowest BCUT2D eigenvalue weighted by molar-refractivity contribution is 0.460. The minimum Gasteiger partial charge on any atom is -0.372 e. The molecule has 0 amide bonds. The van der Waals surface area contributed by atoms with Gasteiger partial charge in [0.2, 0.25) is 0 Å². The molecule has 5 heteroatoms. The molecule has 5 nitrogen and oxygen atoms in total. The van der Waals surface area contributed by atoms with Gasteiger partial charge in [0.05, 0.1) is 10.9 Å². The molecule has 1 heterocycles. The van der Waals surface area contributed by atoms with E-state index in [4.69, 9.17) is 0 Å². The maximum absolute atomic E-state index is 11.5. The van der Waals surface area contributed by atoms with Crippen LogP contribution in [-0.4, -0.2) is 18.6 Å². The van der Waals surface area contributed by atoms with Crippen LogP contribution in [0, 0.1) is 11.8 Å². The van der Waals surface area contributed by atoms with Gasteiger partial charge in [0.25, 0.3) is 0 Å². The first-order valence-corrected chi connectivity index (χ1v) is 5.51. The molecule has 0 unspecified atom stereocenters. The van der Waals surface area contributed by atoms with E-state index >= 15 is 0 Å². The Morgan fingerprint density at radius 3 is 3.00 bits per heavy atom. The Hall–Kier alpha value is -2.32. The van der Waals surface area contributed by atoms with Gasteiger partial charge in [-0.1, -0.05) is 11.8 Å². The summed E-state index contributed by atoms with van der Waals surface area (Å²) >= 11 is 0. The third-order valence-electron chi connectivity index (χ3n) is 2.39. The van der Waals surface area contributed by atoms with Crippen LogP contribution in [0.3, 0.4) is 0 Å². The van der Waals surface area contributed by atoms with Crippen LogP contribution in [0.25, 0.3) is 10.9 Å². The maximum Gasteiger partial charge on any atom is 0.419 e.